The van der Waals surface area contributed by atoms with Crippen LogP contribution in [0.1, 0.15) is 28.8 Å². The van der Waals surface area contributed by atoms with E-state index in [1.807, 2.05) is 11.3 Å². The van der Waals surface area contributed by atoms with Crippen molar-refractivity contribution in [3.8, 4) is 0 Å². The van der Waals surface area contributed by atoms with Gasteiger partial charge in [-0.2, -0.15) is 0 Å². The van der Waals surface area contributed by atoms with Crippen LogP contribution in [-0.2, 0) is 11.8 Å². The maximum atomic E-state index is 5.90. The molecule has 1 nitrogen and oxygen atoms in total. The second-order valence-corrected chi connectivity index (χ2v) is 7.61. The number of rotatable bonds is 4. The SMILES string of the molecule is NCC1(c2cccc(Cc3ccc(Br)s3)c2)CC1. The van der Waals surface area contributed by atoms with Gasteiger partial charge in [0.2, 0.25) is 0 Å². The minimum Gasteiger partial charge on any atom is -0.330 e. The average Bonchev–Trinajstić information content (AvgIpc) is 3.09. The molecular formula is C15H16BrNS. The van der Waals surface area contributed by atoms with E-state index in [2.05, 4.69) is 52.3 Å². The molecule has 1 aliphatic carbocycles. The van der Waals surface area contributed by atoms with E-state index in [0.717, 1.165) is 13.0 Å². The Morgan fingerprint density at radius 1 is 1.22 bits per heavy atom. The number of benzene rings is 1. The Balaban J connectivity index is 1.83. The van der Waals surface area contributed by atoms with Gasteiger partial charge in [0, 0.05) is 23.3 Å². The third kappa shape index (κ3) is 2.40. The van der Waals surface area contributed by atoms with Gasteiger partial charge in [-0.3, -0.25) is 0 Å². The van der Waals surface area contributed by atoms with E-state index in [4.69, 9.17) is 5.73 Å². The zero-order valence-corrected chi connectivity index (χ0v) is 12.6. The first kappa shape index (κ1) is 12.4. The topological polar surface area (TPSA) is 26.0 Å². The molecule has 1 saturated carbocycles. The molecule has 0 radical (unpaired) electrons. The molecule has 0 amide bonds. The summed E-state index contributed by atoms with van der Waals surface area (Å²) in [6, 6.07) is 13.3. The highest BCUT2D eigenvalue weighted by Crippen LogP contribution is 2.47. The molecule has 3 rings (SSSR count). The summed E-state index contributed by atoms with van der Waals surface area (Å²) < 4.78 is 1.20. The molecule has 94 valence electrons. The number of hydrogen-bond donors (Lipinski definition) is 1. The first-order valence-corrected chi connectivity index (χ1v) is 7.86. The fraction of sp³-hybridized carbons (Fsp3) is 0.333. The van der Waals surface area contributed by atoms with Gasteiger partial charge in [0.25, 0.3) is 0 Å². The first-order chi connectivity index (χ1) is 8.72. The third-order valence-corrected chi connectivity index (χ3v) is 5.41. The molecule has 2 aromatic rings. The Bertz CT molecular complexity index is 557. The predicted octanol–water partition coefficient (Wildman–Crippen LogP) is 4.09. The zero-order valence-electron chi connectivity index (χ0n) is 10.2. The van der Waals surface area contributed by atoms with E-state index in [0.29, 0.717) is 5.41 Å². The van der Waals surface area contributed by atoms with Gasteiger partial charge in [0.1, 0.15) is 0 Å². The Kier molecular flexibility index (Phi) is 3.31. The number of nitrogens with two attached hydrogens (primary N) is 1. The molecule has 0 bridgehead atoms. The number of thiophene rings is 1. The molecule has 1 heterocycles. The Morgan fingerprint density at radius 2 is 2.06 bits per heavy atom. The molecular weight excluding hydrogens is 306 g/mol. The highest BCUT2D eigenvalue weighted by molar-refractivity contribution is 9.11. The van der Waals surface area contributed by atoms with E-state index >= 15 is 0 Å². The Hall–Kier alpha value is -0.640. The van der Waals surface area contributed by atoms with Crippen molar-refractivity contribution in [3.63, 3.8) is 0 Å². The Morgan fingerprint density at radius 3 is 2.67 bits per heavy atom. The van der Waals surface area contributed by atoms with Crippen LogP contribution in [0.5, 0.6) is 0 Å². The van der Waals surface area contributed by atoms with E-state index in [9.17, 15) is 0 Å². The molecule has 1 fully saturated rings. The van der Waals surface area contributed by atoms with Gasteiger partial charge in [0.15, 0.2) is 0 Å². The van der Waals surface area contributed by atoms with Gasteiger partial charge in [-0.05, 0) is 52.0 Å². The van der Waals surface area contributed by atoms with Crippen LogP contribution in [0.4, 0.5) is 0 Å². The summed E-state index contributed by atoms with van der Waals surface area (Å²) in [4.78, 5) is 1.40. The maximum Gasteiger partial charge on any atom is 0.0701 e. The van der Waals surface area contributed by atoms with E-state index in [-0.39, 0.29) is 0 Å². The second-order valence-electron chi connectivity index (χ2n) is 5.07. The van der Waals surface area contributed by atoms with Crippen molar-refractivity contribution in [3.05, 3.63) is 56.2 Å². The van der Waals surface area contributed by atoms with Crippen LogP contribution < -0.4 is 5.73 Å². The van der Waals surface area contributed by atoms with Crippen molar-refractivity contribution < 1.29 is 0 Å². The molecule has 2 N–H and O–H groups in total. The van der Waals surface area contributed by atoms with Gasteiger partial charge in [-0.1, -0.05) is 24.3 Å². The average molecular weight is 322 g/mol. The van der Waals surface area contributed by atoms with Crippen LogP contribution in [0.2, 0.25) is 0 Å². The van der Waals surface area contributed by atoms with Gasteiger partial charge >= 0.3 is 0 Å². The summed E-state index contributed by atoms with van der Waals surface area (Å²) in [5.41, 5.74) is 9.02. The lowest BCUT2D eigenvalue weighted by molar-refractivity contribution is 0.703. The normalized spacial score (nSPS) is 16.8. The highest BCUT2D eigenvalue weighted by Gasteiger charge is 2.42. The first-order valence-electron chi connectivity index (χ1n) is 6.26. The van der Waals surface area contributed by atoms with Crippen LogP contribution in [-0.4, -0.2) is 6.54 Å². The molecule has 3 heteroatoms. The number of hydrogen-bond acceptors (Lipinski definition) is 2. The maximum absolute atomic E-state index is 5.90. The van der Waals surface area contributed by atoms with Crippen LogP contribution in [0.25, 0.3) is 0 Å². The third-order valence-electron chi connectivity index (χ3n) is 3.79. The quantitative estimate of drug-likeness (QED) is 0.901. The lowest BCUT2D eigenvalue weighted by Crippen LogP contribution is -2.19. The fourth-order valence-corrected chi connectivity index (χ4v) is 3.94. The highest BCUT2D eigenvalue weighted by atomic mass is 79.9. The van der Waals surface area contributed by atoms with E-state index in [1.165, 1.54) is 32.6 Å². The molecule has 0 atom stereocenters. The van der Waals surface area contributed by atoms with Crippen molar-refractivity contribution in [1.82, 2.24) is 0 Å². The van der Waals surface area contributed by atoms with Gasteiger partial charge in [-0.25, -0.2) is 0 Å². The standard InChI is InChI=1S/C15H16BrNS/c16-14-5-4-13(18-14)9-11-2-1-3-12(8-11)15(10-17)6-7-15/h1-5,8H,6-7,9-10,17H2. The van der Waals surface area contributed by atoms with Gasteiger partial charge in [0.05, 0.1) is 3.79 Å². The molecule has 18 heavy (non-hydrogen) atoms. The monoisotopic (exact) mass is 321 g/mol. The molecule has 0 saturated heterocycles. The molecule has 0 aliphatic heterocycles. The van der Waals surface area contributed by atoms with Crippen LogP contribution >= 0.6 is 27.3 Å². The van der Waals surface area contributed by atoms with Gasteiger partial charge in [-0.15, -0.1) is 11.3 Å². The summed E-state index contributed by atoms with van der Waals surface area (Å²) in [6.07, 6.45) is 3.51. The molecule has 1 aromatic carbocycles. The van der Waals surface area contributed by atoms with Crippen LogP contribution in [0.3, 0.4) is 0 Å². The molecule has 1 aliphatic rings. The van der Waals surface area contributed by atoms with Crippen molar-refractivity contribution in [2.24, 2.45) is 5.73 Å². The van der Waals surface area contributed by atoms with Crippen molar-refractivity contribution in [2.45, 2.75) is 24.7 Å². The predicted molar refractivity (Wildman–Crippen MR) is 81.2 cm³/mol. The minimum absolute atomic E-state index is 0.298. The van der Waals surface area contributed by atoms with Crippen molar-refractivity contribution >= 4 is 27.3 Å². The smallest absolute Gasteiger partial charge is 0.0701 e. The summed E-state index contributed by atoms with van der Waals surface area (Å²) in [5, 5.41) is 0. The van der Waals surface area contributed by atoms with Crippen molar-refractivity contribution in [2.75, 3.05) is 6.54 Å². The Labute approximate surface area is 120 Å². The van der Waals surface area contributed by atoms with Crippen molar-refractivity contribution in [1.29, 1.82) is 0 Å². The zero-order chi connectivity index (χ0) is 12.6. The number of halogens is 1. The second kappa shape index (κ2) is 4.80. The largest absolute Gasteiger partial charge is 0.330 e. The summed E-state index contributed by atoms with van der Waals surface area (Å²) in [5.74, 6) is 0. The minimum atomic E-state index is 0.298. The van der Waals surface area contributed by atoms with E-state index < -0.39 is 0 Å². The van der Waals surface area contributed by atoms with Crippen LogP contribution in [0, 0.1) is 0 Å². The summed E-state index contributed by atoms with van der Waals surface area (Å²) >= 11 is 5.32. The molecule has 1 aromatic heterocycles. The lowest BCUT2D eigenvalue weighted by atomic mass is 9.94. The molecule has 0 spiro atoms. The molecule has 0 unspecified atom stereocenters. The summed E-state index contributed by atoms with van der Waals surface area (Å²) in [7, 11) is 0. The van der Waals surface area contributed by atoms with Crippen LogP contribution in [0.15, 0.2) is 40.2 Å². The lowest BCUT2D eigenvalue weighted by Gasteiger charge is -2.13. The summed E-state index contributed by atoms with van der Waals surface area (Å²) in [6.45, 7) is 0.779. The van der Waals surface area contributed by atoms with Gasteiger partial charge < -0.3 is 5.73 Å². The van der Waals surface area contributed by atoms with E-state index in [1.54, 1.807) is 0 Å². The fourth-order valence-electron chi connectivity index (χ4n) is 2.42.